The van der Waals surface area contributed by atoms with Crippen LogP contribution in [0.1, 0.15) is 27.7 Å². The number of hydrogen-bond donors (Lipinski definition) is 2. The number of fused-ring (bicyclic) bond motifs is 1. The van der Waals surface area contributed by atoms with Gasteiger partial charge in [-0.25, -0.2) is 4.98 Å². The normalized spacial score (nSPS) is 20.0. The first kappa shape index (κ1) is 13.2. The molecule has 0 atom stereocenters. The number of nitrogens with two attached hydrogens (primary N) is 1. The van der Waals surface area contributed by atoms with E-state index in [0.29, 0.717) is 16.7 Å². The maximum atomic E-state index is 5.78. The fourth-order valence-electron chi connectivity index (χ4n) is 3.29. The standard InChI is InChI=1S/C17H23N3/c1-16(2)14(17(16,3)4)10-19-15-8-5-11-9-12(18)6-7-13(11)20-15/h5-9,14H,10,18H2,1-4H3,(H,19,20). The van der Waals surface area contributed by atoms with Crippen LogP contribution >= 0.6 is 0 Å². The Morgan fingerprint density at radius 3 is 2.45 bits per heavy atom. The first-order valence-corrected chi connectivity index (χ1v) is 7.22. The van der Waals surface area contributed by atoms with Crippen LogP contribution in [0.25, 0.3) is 10.9 Å². The Balaban J connectivity index is 1.75. The highest BCUT2D eigenvalue weighted by atomic mass is 15.0. The molecule has 0 bridgehead atoms. The first-order chi connectivity index (χ1) is 9.32. The number of benzene rings is 1. The van der Waals surface area contributed by atoms with Crippen LogP contribution in [-0.4, -0.2) is 11.5 Å². The van der Waals surface area contributed by atoms with Crippen LogP contribution in [0.2, 0.25) is 0 Å². The van der Waals surface area contributed by atoms with Crippen molar-refractivity contribution in [2.75, 3.05) is 17.6 Å². The van der Waals surface area contributed by atoms with Gasteiger partial charge in [-0.3, -0.25) is 0 Å². The van der Waals surface area contributed by atoms with Crippen molar-refractivity contribution in [1.82, 2.24) is 4.98 Å². The number of nitrogens with one attached hydrogen (secondary N) is 1. The number of anilines is 2. The van der Waals surface area contributed by atoms with Gasteiger partial charge in [0.05, 0.1) is 5.52 Å². The highest BCUT2D eigenvalue weighted by Gasteiger charge is 2.64. The van der Waals surface area contributed by atoms with E-state index in [-0.39, 0.29) is 0 Å². The molecule has 3 heteroatoms. The molecule has 1 fully saturated rings. The van der Waals surface area contributed by atoms with Crippen molar-refractivity contribution < 1.29 is 0 Å². The van der Waals surface area contributed by atoms with E-state index in [2.05, 4.69) is 44.1 Å². The number of aromatic nitrogens is 1. The molecule has 1 saturated carbocycles. The van der Waals surface area contributed by atoms with Gasteiger partial charge in [-0.1, -0.05) is 27.7 Å². The monoisotopic (exact) mass is 269 g/mol. The minimum atomic E-state index is 0.408. The van der Waals surface area contributed by atoms with Gasteiger partial charge < -0.3 is 11.1 Å². The zero-order chi connectivity index (χ0) is 14.5. The average Bonchev–Trinajstić information content (AvgIpc) is 2.77. The summed E-state index contributed by atoms with van der Waals surface area (Å²) in [7, 11) is 0. The Morgan fingerprint density at radius 1 is 1.10 bits per heavy atom. The minimum Gasteiger partial charge on any atom is -0.399 e. The van der Waals surface area contributed by atoms with Gasteiger partial charge in [-0.05, 0) is 47.1 Å². The lowest BCUT2D eigenvalue weighted by Gasteiger charge is -2.08. The summed E-state index contributed by atoms with van der Waals surface area (Å²) in [6.07, 6.45) is 0. The Kier molecular flexibility index (Phi) is 2.72. The van der Waals surface area contributed by atoms with Crippen LogP contribution in [0.15, 0.2) is 30.3 Å². The highest BCUT2D eigenvalue weighted by molar-refractivity contribution is 5.83. The van der Waals surface area contributed by atoms with Crippen molar-refractivity contribution in [3.05, 3.63) is 30.3 Å². The lowest BCUT2D eigenvalue weighted by Crippen LogP contribution is -2.09. The van der Waals surface area contributed by atoms with Crippen LogP contribution in [0, 0.1) is 16.7 Å². The van der Waals surface area contributed by atoms with E-state index in [0.717, 1.165) is 29.0 Å². The molecule has 3 rings (SSSR count). The molecular formula is C17H23N3. The van der Waals surface area contributed by atoms with Gasteiger partial charge in [0.15, 0.2) is 0 Å². The van der Waals surface area contributed by atoms with Crippen LogP contribution < -0.4 is 11.1 Å². The molecule has 1 aromatic heterocycles. The molecule has 2 aromatic rings. The summed E-state index contributed by atoms with van der Waals surface area (Å²) >= 11 is 0. The van der Waals surface area contributed by atoms with E-state index in [1.54, 1.807) is 0 Å². The predicted octanol–water partition coefficient (Wildman–Crippen LogP) is 3.91. The average molecular weight is 269 g/mol. The van der Waals surface area contributed by atoms with Crippen molar-refractivity contribution in [3.8, 4) is 0 Å². The van der Waals surface area contributed by atoms with Crippen molar-refractivity contribution in [2.45, 2.75) is 27.7 Å². The summed E-state index contributed by atoms with van der Waals surface area (Å²) in [5.41, 5.74) is 8.36. The smallest absolute Gasteiger partial charge is 0.126 e. The van der Waals surface area contributed by atoms with Crippen LogP contribution in [-0.2, 0) is 0 Å². The lowest BCUT2D eigenvalue weighted by molar-refractivity contribution is 0.457. The summed E-state index contributed by atoms with van der Waals surface area (Å²) in [5, 5.41) is 4.57. The number of rotatable bonds is 3. The second-order valence-electron chi connectivity index (χ2n) is 7.03. The molecule has 3 nitrogen and oxygen atoms in total. The third-order valence-electron chi connectivity index (χ3n) is 5.52. The Labute approximate surface area is 120 Å². The van der Waals surface area contributed by atoms with Gasteiger partial charge in [0.25, 0.3) is 0 Å². The third kappa shape index (κ3) is 1.92. The molecule has 0 aliphatic heterocycles. The summed E-state index contributed by atoms with van der Waals surface area (Å²) in [6, 6.07) is 9.93. The van der Waals surface area contributed by atoms with Gasteiger partial charge >= 0.3 is 0 Å². The van der Waals surface area contributed by atoms with E-state index in [9.17, 15) is 0 Å². The van der Waals surface area contributed by atoms with E-state index < -0.39 is 0 Å². The molecule has 0 saturated heterocycles. The Bertz CT molecular complexity index is 644. The quantitative estimate of drug-likeness (QED) is 0.831. The first-order valence-electron chi connectivity index (χ1n) is 7.22. The molecule has 3 N–H and O–H groups in total. The number of nitrogens with zero attached hydrogens (tertiary/aromatic N) is 1. The predicted molar refractivity (Wildman–Crippen MR) is 85.7 cm³/mol. The SMILES string of the molecule is CC1(C)C(CNc2ccc3cc(N)ccc3n2)C1(C)C. The zero-order valence-corrected chi connectivity index (χ0v) is 12.7. The topological polar surface area (TPSA) is 50.9 Å². The molecule has 106 valence electrons. The van der Waals surface area contributed by atoms with Crippen molar-refractivity contribution in [2.24, 2.45) is 16.7 Å². The summed E-state index contributed by atoms with van der Waals surface area (Å²) in [4.78, 5) is 4.64. The van der Waals surface area contributed by atoms with Crippen molar-refractivity contribution in [3.63, 3.8) is 0 Å². The van der Waals surface area contributed by atoms with Crippen molar-refractivity contribution in [1.29, 1.82) is 0 Å². The minimum absolute atomic E-state index is 0.408. The molecule has 0 unspecified atom stereocenters. The van der Waals surface area contributed by atoms with E-state index in [1.807, 2.05) is 24.3 Å². The summed E-state index contributed by atoms with van der Waals surface area (Å²) < 4.78 is 0. The number of hydrogen-bond acceptors (Lipinski definition) is 3. The summed E-state index contributed by atoms with van der Waals surface area (Å²) in [6.45, 7) is 10.4. The zero-order valence-electron chi connectivity index (χ0n) is 12.7. The maximum absolute atomic E-state index is 5.78. The van der Waals surface area contributed by atoms with Gasteiger partial charge in [0.2, 0.25) is 0 Å². The largest absolute Gasteiger partial charge is 0.399 e. The molecule has 0 spiro atoms. The van der Waals surface area contributed by atoms with Gasteiger partial charge in [-0.2, -0.15) is 0 Å². The number of nitrogen functional groups attached to an aromatic ring is 1. The molecule has 1 aliphatic carbocycles. The fraction of sp³-hybridized carbons (Fsp3) is 0.471. The second-order valence-corrected chi connectivity index (χ2v) is 7.03. The van der Waals surface area contributed by atoms with Crippen LogP contribution in [0.4, 0.5) is 11.5 Å². The maximum Gasteiger partial charge on any atom is 0.126 e. The number of pyridine rings is 1. The van der Waals surface area contributed by atoms with Gasteiger partial charge in [-0.15, -0.1) is 0 Å². The van der Waals surface area contributed by atoms with Crippen molar-refractivity contribution >= 4 is 22.4 Å². The molecule has 0 amide bonds. The van der Waals surface area contributed by atoms with E-state index in [1.165, 1.54) is 0 Å². The van der Waals surface area contributed by atoms with Crippen LogP contribution in [0.3, 0.4) is 0 Å². The van der Waals surface area contributed by atoms with Gasteiger partial charge in [0, 0.05) is 17.6 Å². The molecule has 1 aromatic carbocycles. The molecule has 20 heavy (non-hydrogen) atoms. The van der Waals surface area contributed by atoms with E-state index in [4.69, 9.17) is 5.73 Å². The summed E-state index contributed by atoms with van der Waals surface area (Å²) in [5.74, 6) is 1.64. The fourth-order valence-corrected chi connectivity index (χ4v) is 3.29. The second kappa shape index (κ2) is 4.11. The molecule has 1 aliphatic rings. The Morgan fingerprint density at radius 2 is 1.80 bits per heavy atom. The van der Waals surface area contributed by atoms with Gasteiger partial charge in [0.1, 0.15) is 5.82 Å². The molecule has 0 radical (unpaired) electrons. The molecular weight excluding hydrogens is 246 g/mol. The lowest BCUT2D eigenvalue weighted by atomic mass is 10.0. The Hall–Kier alpha value is -1.77. The van der Waals surface area contributed by atoms with Crippen LogP contribution in [0.5, 0.6) is 0 Å². The molecule has 1 heterocycles. The highest BCUT2D eigenvalue weighted by Crippen LogP contribution is 2.68. The van der Waals surface area contributed by atoms with E-state index >= 15 is 0 Å². The third-order valence-corrected chi connectivity index (χ3v) is 5.52.